The summed E-state index contributed by atoms with van der Waals surface area (Å²) in [5.41, 5.74) is 0.828. The molecular formula is C9H7NO4. The molecule has 0 aliphatic carbocycles. The number of para-hydroxylation sites is 1. The summed E-state index contributed by atoms with van der Waals surface area (Å²) in [6.45, 7) is 0. The summed E-state index contributed by atoms with van der Waals surface area (Å²) in [7, 11) is 1.48. The number of aromatic carboxylic acids is 1. The summed E-state index contributed by atoms with van der Waals surface area (Å²) in [6, 6.07) is 5.06. The average molecular weight is 193 g/mol. The fraction of sp³-hybridized carbons (Fsp3) is 0.111. The number of nitrogens with zero attached hydrogens (tertiary/aromatic N) is 1. The fourth-order valence-electron chi connectivity index (χ4n) is 1.18. The molecule has 0 saturated carbocycles. The summed E-state index contributed by atoms with van der Waals surface area (Å²) in [6.07, 6.45) is 0. The number of fused-ring (bicyclic) bond motifs is 1. The first kappa shape index (κ1) is 8.55. The Morgan fingerprint density at radius 2 is 2.36 bits per heavy atom. The third-order valence-electron chi connectivity index (χ3n) is 1.78. The molecule has 5 nitrogen and oxygen atoms in total. The number of hydrogen-bond acceptors (Lipinski definition) is 4. The lowest BCUT2D eigenvalue weighted by Gasteiger charge is -1.96. The lowest BCUT2D eigenvalue weighted by Crippen LogP contribution is -1.94. The maximum absolute atomic E-state index is 10.6. The highest BCUT2D eigenvalue weighted by Crippen LogP contribution is 2.25. The molecule has 0 spiro atoms. The second-order valence-electron chi connectivity index (χ2n) is 2.63. The van der Waals surface area contributed by atoms with Crippen LogP contribution in [0.25, 0.3) is 11.1 Å². The molecule has 2 rings (SSSR count). The van der Waals surface area contributed by atoms with Crippen LogP contribution in [0.2, 0.25) is 0 Å². The molecule has 5 heteroatoms. The highest BCUT2D eigenvalue weighted by Gasteiger charge is 2.14. The topological polar surface area (TPSA) is 72.6 Å². The van der Waals surface area contributed by atoms with Crippen LogP contribution >= 0.6 is 0 Å². The Morgan fingerprint density at radius 1 is 1.57 bits per heavy atom. The number of rotatable bonds is 2. The fourth-order valence-corrected chi connectivity index (χ4v) is 1.18. The summed E-state index contributed by atoms with van der Waals surface area (Å²) in [5.74, 6) is -1.05. The van der Waals surface area contributed by atoms with Crippen LogP contribution in [-0.4, -0.2) is 23.2 Å². The largest absolute Gasteiger partial charge is 0.493 e. The van der Waals surface area contributed by atoms with Crippen molar-refractivity contribution in [2.24, 2.45) is 0 Å². The van der Waals surface area contributed by atoms with Crippen LogP contribution in [0, 0.1) is 0 Å². The molecule has 0 fully saturated rings. The summed E-state index contributed by atoms with van der Waals surface area (Å²) in [5, 5.41) is 8.65. The number of carboxylic acid groups (broad SMARTS) is 1. The molecule has 0 radical (unpaired) electrons. The second kappa shape index (κ2) is 3.02. The van der Waals surface area contributed by atoms with Crippen molar-refractivity contribution in [3.63, 3.8) is 0 Å². The number of aromatic nitrogens is 1. The lowest BCUT2D eigenvalue weighted by molar-refractivity contribution is 0.0656. The quantitative estimate of drug-likeness (QED) is 0.782. The smallest absolute Gasteiger partial charge is 0.392 e. The van der Waals surface area contributed by atoms with Gasteiger partial charge in [0.1, 0.15) is 5.52 Å². The van der Waals surface area contributed by atoms with Crippen molar-refractivity contribution in [3.8, 4) is 5.75 Å². The highest BCUT2D eigenvalue weighted by atomic mass is 16.5. The molecule has 0 aliphatic rings. The minimum atomic E-state index is -1.19. The van der Waals surface area contributed by atoms with Gasteiger partial charge in [-0.05, 0) is 12.1 Å². The number of methoxy groups -OCH3 is 1. The van der Waals surface area contributed by atoms with Gasteiger partial charge in [0.2, 0.25) is 0 Å². The average Bonchev–Trinajstić information content (AvgIpc) is 2.60. The number of ether oxygens (including phenoxy) is 1. The van der Waals surface area contributed by atoms with Crippen molar-refractivity contribution >= 4 is 17.1 Å². The predicted molar refractivity (Wildman–Crippen MR) is 47.5 cm³/mol. The van der Waals surface area contributed by atoms with E-state index in [1.807, 2.05) is 0 Å². The van der Waals surface area contributed by atoms with Crippen molar-refractivity contribution in [3.05, 3.63) is 24.1 Å². The van der Waals surface area contributed by atoms with Gasteiger partial charge in [0.15, 0.2) is 11.3 Å². The maximum atomic E-state index is 10.6. The van der Waals surface area contributed by atoms with Crippen molar-refractivity contribution < 1.29 is 19.1 Å². The van der Waals surface area contributed by atoms with E-state index in [0.29, 0.717) is 16.8 Å². The van der Waals surface area contributed by atoms with Gasteiger partial charge in [-0.3, -0.25) is 0 Å². The first-order valence-corrected chi connectivity index (χ1v) is 3.89. The Bertz CT molecular complexity index is 489. The van der Waals surface area contributed by atoms with Gasteiger partial charge in [0.05, 0.1) is 7.11 Å². The summed E-state index contributed by atoms with van der Waals surface area (Å²) >= 11 is 0. The van der Waals surface area contributed by atoms with Gasteiger partial charge in [0, 0.05) is 0 Å². The van der Waals surface area contributed by atoms with Crippen LogP contribution in [0.4, 0.5) is 0 Å². The monoisotopic (exact) mass is 193 g/mol. The molecule has 14 heavy (non-hydrogen) atoms. The van der Waals surface area contributed by atoms with Crippen LogP contribution in [0.1, 0.15) is 10.7 Å². The SMILES string of the molecule is COc1cccc2nc(C(=O)O)oc12. The third kappa shape index (κ3) is 1.19. The van der Waals surface area contributed by atoms with E-state index in [4.69, 9.17) is 14.3 Å². The Kier molecular flexibility index (Phi) is 1.85. The molecule has 0 bridgehead atoms. The Labute approximate surface area is 78.9 Å². The number of carboxylic acids is 1. The van der Waals surface area contributed by atoms with Gasteiger partial charge < -0.3 is 14.3 Å². The zero-order valence-corrected chi connectivity index (χ0v) is 7.35. The Balaban J connectivity index is 2.70. The zero-order valence-electron chi connectivity index (χ0n) is 7.35. The predicted octanol–water partition coefficient (Wildman–Crippen LogP) is 1.53. The minimum Gasteiger partial charge on any atom is -0.493 e. The van der Waals surface area contributed by atoms with E-state index < -0.39 is 5.97 Å². The van der Waals surface area contributed by atoms with Crippen molar-refractivity contribution in [2.45, 2.75) is 0 Å². The summed E-state index contributed by atoms with van der Waals surface area (Å²) < 4.78 is 10.0. The Hall–Kier alpha value is -2.04. The number of hydrogen-bond donors (Lipinski definition) is 1. The molecule has 0 atom stereocenters. The molecule has 1 heterocycles. The van der Waals surface area contributed by atoms with Gasteiger partial charge in [-0.25, -0.2) is 9.78 Å². The Morgan fingerprint density at radius 3 is 3.00 bits per heavy atom. The third-order valence-corrected chi connectivity index (χ3v) is 1.78. The van der Waals surface area contributed by atoms with Crippen LogP contribution in [0.5, 0.6) is 5.75 Å². The summed E-state index contributed by atoms with van der Waals surface area (Å²) in [4.78, 5) is 14.3. The molecule has 0 amide bonds. The molecule has 0 saturated heterocycles. The van der Waals surface area contributed by atoms with Crippen LogP contribution in [0.3, 0.4) is 0 Å². The second-order valence-corrected chi connectivity index (χ2v) is 2.63. The van der Waals surface area contributed by atoms with E-state index in [-0.39, 0.29) is 5.89 Å². The van der Waals surface area contributed by atoms with Gasteiger partial charge in [-0.15, -0.1) is 0 Å². The normalized spacial score (nSPS) is 10.4. The van der Waals surface area contributed by atoms with E-state index in [9.17, 15) is 4.79 Å². The van der Waals surface area contributed by atoms with Gasteiger partial charge in [-0.1, -0.05) is 6.07 Å². The van der Waals surface area contributed by atoms with Gasteiger partial charge in [0.25, 0.3) is 0 Å². The van der Waals surface area contributed by atoms with Gasteiger partial charge in [-0.2, -0.15) is 0 Å². The molecule has 1 aromatic carbocycles. The van der Waals surface area contributed by atoms with E-state index in [0.717, 1.165) is 0 Å². The van der Waals surface area contributed by atoms with Crippen LogP contribution < -0.4 is 4.74 Å². The maximum Gasteiger partial charge on any atom is 0.392 e. The van der Waals surface area contributed by atoms with Crippen molar-refractivity contribution in [1.29, 1.82) is 0 Å². The lowest BCUT2D eigenvalue weighted by atomic mass is 10.3. The van der Waals surface area contributed by atoms with Crippen LogP contribution in [0.15, 0.2) is 22.6 Å². The molecule has 1 aromatic heterocycles. The van der Waals surface area contributed by atoms with Crippen LogP contribution in [-0.2, 0) is 0 Å². The van der Waals surface area contributed by atoms with E-state index >= 15 is 0 Å². The molecule has 0 unspecified atom stereocenters. The van der Waals surface area contributed by atoms with E-state index in [1.54, 1.807) is 18.2 Å². The van der Waals surface area contributed by atoms with Crippen molar-refractivity contribution in [1.82, 2.24) is 4.98 Å². The molecule has 2 aromatic rings. The first-order valence-electron chi connectivity index (χ1n) is 3.89. The molecule has 1 N–H and O–H groups in total. The number of benzene rings is 1. The van der Waals surface area contributed by atoms with Crippen molar-refractivity contribution in [2.75, 3.05) is 7.11 Å². The van der Waals surface area contributed by atoms with Gasteiger partial charge >= 0.3 is 11.9 Å². The van der Waals surface area contributed by atoms with E-state index in [1.165, 1.54) is 7.11 Å². The zero-order chi connectivity index (χ0) is 10.1. The molecule has 0 aliphatic heterocycles. The molecule has 72 valence electrons. The minimum absolute atomic E-state index is 0.329. The van der Waals surface area contributed by atoms with E-state index in [2.05, 4.69) is 4.98 Å². The molecular weight excluding hydrogens is 186 g/mol. The number of oxazole rings is 1. The first-order chi connectivity index (χ1) is 6.72. The highest BCUT2D eigenvalue weighted by molar-refractivity contribution is 5.88. The number of carbonyl (C=O) groups is 1. The standard InChI is InChI=1S/C9H7NO4/c1-13-6-4-2-3-5-7(6)14-8(10-5)9(11)12/h2-4H,1H3,(H,11,12).